The van der Waals surface area contributed by atoms with Crippen LogP contribution in [0.1, 0.15) is 24.6 Å². The van der Waals surface area contributed by atoms with Crippen LogP contribution in [-0.4, -0.2) is 37.8 Å². The van der Waals surface area contributed by atoms with Gasteiger partial charge in [-0.2, -0.15) is 4.39 Å². The zero-order valence-electron chi connectivity index (χ0n) is 14.9. The van der Waals surface area contributed by atoms with Crippen molar-refractivity contribution in [2.45, 2.75) is 18.8 Å². The van der Waals surface area contributed by atoms with E-state index in [0.717, 1.165) is 48.6 Å². The molecular weight excluding hydrogens is 345 g/mol. The Balaban J connectivity index is 1.65. The molecule has 4 heterocycles. The standard InChI is InChI=1S/C19H18FN7/c1-21-18-17(15(5-8-22-18)14-3-4-16(20)23-11-14)27-9-6-13(7-10-27)19-25-24-12-26(19)2/h3-5,8,11-13H,6-7,9-10H2,2H3. The summed E-state index contributed by atoms with van der Waals surface area (Å²) in [5.41, 5.74) is 2.41. The molecule has 0 atom stereocenters. The number of aromatic nitrogens is 5. The van der Waals surface area contributed by atoms with Crippen LogP contribution in [-0.2, 0) is 7.05 Å². The molecule has 1 aliphatic heterocycles. The molecule has 136 valence electrons. The third kappa shape index (κ3) is 3.24. The fourth-order valence-corrected chi connectivity index (χ4v) is 3.63. The van der Waals surface area contributed by atoms with Gasteiger partial charge in [0.25, 0.3) is 5.82 Å². The van der Waals surface area contributed by atoms with Gasteiger partial charge in [-0.25, -0.2) is 4.98 Å². The quantitative estimate of drug-likeness (QED) is 0.527. The lowest BCUT2D eigenvalue weighted by molar-refractivity contribution is 0.474. The summed E-state index contributed by atoms with van der Waals surface area (Å²) in [5, 5.41) is 8.21. The van der Waals surface area contributed by atoms with Gasteiger partial charge in [-0.3, -0.25) is 0 Å². The highest BCUT2D eigenvalue weighted by atomic mass is 19.1. The summed E-state index contributed by atoms with van der Waals surface area (Å²) in [5.74, 6) is 1.17. The molecule has 3 aromatic rings. The Hall–Kier alpha value is -3.34. The Kier molecular flexibility index (Phi) is 4.50. The first-order valence-corrected chi connectivity index (χ1v) is 8.74. The Bertz CT molecular complexity index is 982. The Morgan fingerprint density at radius 1 is 1.19 bits per heavy atom. The molecule has 0 saturated carbocycles. The minimum Gasteiger partial charge on any atom is -0.378 e. The molecule has 0 N–H and O–H groups in total. The van der Waals surface area contributed by atoms with Crippen LogP contribution in [0.5, 0.6) is 0 Å². The van der Waals surface area contributed by atoms with Crippen molar-refractivity contribution in [1.29, 1.82) is 0 Å². The molecule has 1 saturated heterocycles. The smallest absolute Gasteiger partial charge is 0.293 e. The van der Waals surface area contributed by atoms with Gasteiger partial charge >= 0.3 is 0 Å². The summed E-state index contributed by atoms with van der Waals surface area (Å²) in [7, 11) is 1.96. The summed E-state index contributed by atoms with van der Waals surface area (Å²) in [4.78, 5) is 13.8. The molecule has 3 aromatic heterocycles. The molecule has 0 spiro atoms. The molecule has 1 aliphatic rings. The number of piperidine rings is 1. The maximum Gasteiger partial charge on any atom is 0.293 e. The van der Waals surface area contributed by atoms with Crippen molar-refractivity contribution in [3.05, 3.63) is 60.1 Å². The van der Waals surface area contributed by atoms with Crippen LogP contribution in [0.2, 0.25) is 0 Å². The minimum absolute atomic E-state index is 0.345. The van der Waals surface area contributed by atoms with E-state index in [0.29, 0.717) is 11.7 Å². The van der Waals surface area contributed by atoms with Gasteiger partial charge in [0, 0.05) is 43.4 Å². The second-order valence-corrected chi connectivity index (χ2v) is 6.57. The lowest BCUT2D eigenvalue weighted by atomic mass is 9.94. The second-order valence-electron chi connectivity index (χ2n) is 6.57. The van der Waals surface area contributed by atoms with Gasteiger partial charge in [-0.15, -0.1) is 15.2 Å². The topological polar surface area (TPSA) is 64.1 Å². The number of nitrogens with zero attached hydrogens (tertiary/aromatic N) is 7. The number of anilines is 1. The molecule has 0 aromatic carbocycles. The molecular formula is C19H18FN7. The third-order valence-electron chi connectivity index (χ3n) is 4.97. The maximum atomic E-state index is 13.2. The van der Waals surface area contributed by atoms with Gasteiger partial charge in [0.2, 0.25) is 5.95 Å². The van der Waals surface area contributed by atoms with E-state index in [1.54, 1.807) is 18.6 Å². The predicted octanol–water partition coefficient (Wildman–Crippen LogP) is 3.35. The van der Waals surface area contributed by atoms with E-state index in [-0.39, 0.29) is 0 Å². The van der Waals surface area contributed by atoms with E-state index in [1.807, 2.05) is 17.7 Å². The minimum atomic E-state index is -0.524. The average molecular weight is 363 g/mol. The van der Waals surface area contributed by atoms with Crippen molar-refractivity contribution in [2.24, 2.45) is 7.05 Å². The SMILES string of the molecule is [C-]#[N+]c1nccc(-c2ccc(F)nc2)c1N1CCC(c2nncn2C)CC1. The number of aryl methyl sites for hydroxylation is 1. The number of hydrogen-bond acceptors (Lipinski definition) is 5. The van der Waals surface area contributed by atoms with Crippen LogP contribution < -0.4 is 4.90 Å². The van der Waals surface area contributed by atoms with Crippen molar-refractivity contribution in [2.75, 3.05) is 18.0 Å². The molecule has 27 heavy (non-hydrogen) atoms. The summed E-state index contributed by atoms with van der Waals surface area (Å²) in [6.07, 6.45) is 6.66. The van der Waals surface area contributed by atoms with Crippen molar-refractivity contribution in [3.8, 4) is 11.1 Å². The number of pyridine rings is 2. The molecule has 4 rings (SSSR count). The highest BCUT2D eigenvalue weighted by Crippen LogP contribution is 2.40. The third-order valence-corrected chi connectivity index (χ3v) is 4.97. The highest BCUT2D eigenvalue weighted by Gasteiger charge is 2.27. The van der Waals surface area contributed by atoms with Crippen molar-refractivity contribution >= 4 is 11.5 Å². The van der Waals surface area contributed by atoms with E-state index in [2.05, 4.69) is 29.9 Å². The number of rotatable bonds is 3. The summed E-state index contributed by atoms with van der Waals surface area (Å²) in [6, 6.07) is 4.87. The Morgan fingerprint density at radius 2 is 2.00 bits per heavy atom. The lowest BCUT2D eigenvalue weighted by Gasteiger charge is -2.34. The number of halogens is 1. The van der Waals surface area contributed by atoms with Gasteiger partial charge in [0.1, 0.15) is 18.3 Å². The summed E-state index contributed by atoms with van der Waals surface area (Å²) in [6.45, 7) is 9.09. The van der Waals surface area contributed by atoms with Gasteiger partial charge in [-0.1, -0.05) is 6.57 Å². The summed E-state index contributed by atoms with van der Waals surface area (Å²) >= 11 is 0. The van der Waals surface area contributed by atoms with E-state index < -0.39 is 5.95 Å². The van der Waals surface area contributed by atoms with Gasteiger partial charge in [0.05, 0.1) is 5.69 Å². The second kappa shape index (κ2) is 7.11. The van der Waals surface area contributed by atoms with Crippen LogP contribution in [0.15, 0.2) is 36.9 Å². The van der Waals surface area contributed by atoms with E-state index >= 15 is 0 Å². The van der Waals surface area contributed by atoms with Crippen LogP contribution in [0.4, 0.5) is 15.9 Å². The molecule has 0 amide bonds. The van der Waals surface area contributed by atoms with Gasteiger partial charge in [0.15, 0.2) is 0 Å². The zero-order chi connectivity index (χ0) is 18.8. The fourth-order valence-electron chi connectivity index (χ4n) is 3.63. The highest BCUT2D eigenvalue weighted by molar-refractivity contribution is 5.86. The average Bonchev–Trinajstić information content (AvgIpc) is 3.14. The van der Waals surface area contributed by atoms with E-state index in [1.165, 1.54) is 12.3 Å². The maximum absolute atomic E-state index is 13.2. The largest absolute Gasteiger partial charge is 0.378 e. The normalized spacial score (nSPS) is 14.9. The van der Waals surface area contributed by atoms with Crippen molar-refractivity contribution < 1.29 is 4.39 Å². The van der Waals surface area contributed by atoms with Crippen molar-refractivity contribution in [3.63, 3.8) is 0 Å². The molecule has 0 unspecified atom stereocenters. The van der Waals surface area contributed by atoms with Crippen molar-refractivity contribution in [1.82, 2.24) is 24.7 Å². The number of hydrogen-bond donors (Lipinski definition) is 0. The molecule has 0 radical (unpaired) electrons. The first-order valence-electron chi connectivity index (χ1n) is 8.74. The lowest BCUT2D eigenvalue weighted by Crippen LogP contribution is -2.34. The van der Waals surface area contributed by atoms with Crippen LogP contribution >= 0.6 is 0 Å². The van der Waals surface area contributed by atoms with Gasteiger partial charge < -0.3 is 14.3 Å². The molecule has 1 fully saturated rings. The zero-order valence-corrected chi connectivity index (χ0v) is 14.9. The first-order chi connectivity index (χ1) is 13.2. The molecule has 7 nitrogen and oxygen atoms in total. The molecule has 8 heteroatoms. The Morgan fingerprint density at radius 3 is 2.63 bits per heavy atom. The van der Waals surface area contributed by atoms with E-state index in [9.17, 15) is 4.39 Å². The van der Waals surface area contributed by atoms with Gasteiger partial charge in [-0.05, 0) is 31.0 Å². The van der Waals surface area contributed by atoms with Crippen LogP contribution in [0.3, 0.4) is 0 Å². The Labute approximate surface area is 156 Å². The summed E-state index contributed by atoms with van der Waals surface area (Å²) < 4.78 is 15.2. The van der Waals surface area contributed by atoms with E-state index in [4.69, 9.17) is 6.57 Å². The first kappa shape index (κ1) is 17.1. The molecule has 0 aliphatic carbocycles. The monoisotopic (exact) mass is 363 g/mol. The molecule has 0 bridgehead atoms. The fraction of sp³-hybridized carbons (Fsp3) is 0.316. The predicted molar refractivity (Wildman–Crippen MR) is 98.9 cm³/mol. The van der Waals surface area contributed by atoms with Crippen LogP contribution in [0.25, 0.3) is 16.0 Å². The van der Waals surface area contributed by atoms with Crippen LogP contribution in [0, 0.1) is 12.5 Å².